The van der Waals surface area contributed by atoms with Crippen molar-refractivity contribution in [3.63, 3.8) is 0 Å². The highest BCUT2D eigenvalue weighted by molar-refractivity contribution is 8.18. The van der Waals surface area contributed by atoms with Gasteiger partial charge in [0.05, 0.1) is 11.4 Å². The summed E-state index contributed by atoms with van der Waals surface area (Å²) in [6.45, 7) is 6.20. The van der Waals surface area contributed by atoms with Crippen molar-refractivity contribution in [1.29, 1.82) is 0 Å². The minimum Gasteiger partial charge on any atom is -0.318 e. The first-order valence-corrected chi connectivity index (χ1v) is 11.3. The molecule has 7 heteroatoms. The van der Waals surface area contributed by atoms with Gasteiger partial charge < -0.3 is 4.57 Å². The van der Waals surface area contributed by atoms with Crippen molar-refractivity contribution >= 4 is 52.2 Å². The Morgan fingerprint density at radius 2 is 1.58 bits per heavy atom. The van der Waals surface area contributed by atoms with Crippen molar-refractivity contribution in [2.24, 2.45) is 0 Å². The van der Waals surface area contributed by atoms with Crippen molar-refractivity contribution in [3.05, 3.63) is 91.6 Å². The standard InChI is InChI=1S/C24H20Cl2N2O2S/c1-14-4-6-17(7-5-14)13-27-23(29)22(31-24(27)30)9-18-8-15(2)28(16(18)3)21-11-19(25)10-20(26)12-21/h4-12H,13H2,1-3H3/b22-9-. The molecule has 1 saturated heterocycles. The van der Waals surface area contributed by atoms with E-state index >= 15 is 0 Å². The number of carbonyl (C=O) groups is 2. The third-order valence-corrected chi connectivity index (χ3v) is 6.54. The predicted molar refractivity (Wildman–Crippen MR) is 128 cm³/mol. The van der Waals surface area contributed by atoms with Crippen molar-refractivity contribution in [2.75, 3.05) is 0 Å². The maximum atomic E-state index is 12.9. The third kappa shape index (κ3) is 4.45. The predicted octanol–water partition coefficient (Wildman–Crippen LogP) is 6.95. The average molecular weight is 471 g/mol. The van der Waals surface area contributed by atoms with Gasteiger partial charge in [-0.15, -0.1) is 0 Å². The lowest BCUT2D eigenvalue weighted by molar-refractivity contribution is -0.123. The molecule has 0 radical (unpaired) electrons. The number of nitrogens with zero attached hydrogens (tertiary/aromatic N) is 2. The Morgan fingerprint density at radius 1 is 0.935 bits per heavy atom. The first-order chi connectivity index (χ1) is 14.7. The summed E-state index contributed by atoms with van der Waals surface area (Å²) in [5.74, 6) is -0.272. The molecule has 2 aromatic carbocycles. The van der Waals surface area contributed by atoms with Crippen LogP contribution in [-0.2, 0) is 11.3 Å². The number of rotatable bonds is 4. The quantitative estimate of drug-likeness (QED) is 0.387. The minimum absolute atomic E-state index is 0.257. The first-order valence-electron chi connectivity index (χ1n) is 9.69. The van der Waals surface area contributed by atoms with Crippen LogP contribution in [0.4, 0.5) is 4.79 Å². The van der Waals surface area contributed by atoms with Gasteiger partial charge in [0.15, 0.2) is 0 Å². The van der Waals surface area contributed by atoms with Gasteiger partial charge in [0.2, 0.25) is 0 Å². The van der Waals surface area contributed by atoms with Crippen molar-refractivity contribution < 1.29 is 9.59 Å². The molecule has 0 atom stereocenters. The molecule has 0 aliphatic carbocycles. The van der Waals surface area contributed by atoms with Gasteiger partial charge in [0.1, 0.15) is 0 Å². The Balaban J connectivity index is 1.64. The summed E-state index contributed by atoms with van der Waals surface area (Å²) >= 11 is 13.3. The second-order valence-corrected chi connectivity index (χ2v) is 9.41. The minimum atomic E-state index is -0.272. The van der Waals surface area contributed by atoms with Gasteiger partial charge in [0.25, 0.3) is 11.1 Å². The Hall–Kier alpha value is -2.47. The number of imide groups is 1. The summed E-state index contributed by atoms with van der Waals surface area (Å²) in [4.78, 5) is 27.1. The fourth-order valence-corrected chi connectivity index (χ4v) is 5.00. The van der Waals surface area contributed by atoms with Crippen LogP contribution < -0.4 is 0 Å². The van der Waals surface area contributed by atoms with Gasteiger partial charge in [-0.3, -0.25) is 14.5 Å². The van der Waals surface area contributed by atoms with Gasteiger partial charge in [-0.1, -0.05) is 53.0 Å². The lowest BCUT2D eigenvalue weighted by Gasteiger charge is -2.12. The second-order valence-electron chi connectivity index (χ2n) is 7.54. The van der Waals surface area contributed by atoms with E-state index in [-0.39, 0.29) is 17.7 Å². The Morgan fingerprint density at radius 3 is 2.23 bits per heavy atom. The summed E-state index contributed by atoms with van der Waals surface area (Å²) in [5.41, 5.74) is 5.68. The van der Waals surface area contributed by atoms with E-state index in [1.54, 1.807) is 12.1 Å². The van der Waals surface area contributed by atoms with Gasteiger partial charge in [-0.05, 0) is 74.0 Å². The molecule has 0 bridgehead atoms. The number of aryl methyl sites for hydroxylation is 2. The Kier molecular flexibility index (Phi) is 6.02. The van der Waals surface area contributed by atoms with Gasteiger partial charge in [-0.25, -0.2) is 0 Å². The topological polar surface area (TPSA) is 42.3 Å². The van der Waals surface area contributed by atoms with Crippen molar-refractivity contribution in [2.45, 2.75) is 27.3 Å². The summed E-state index contributed by atoms with van der Waals surface area (Å²) in [7, 11) is 0. The van der Waals surface area contributed by atoms with E-state index in [2.05, 4.69) is 0 Å². The van der Waals surface area contributed by atoms with E-state index in [0.717, 1.165) is 45.5 Å². The molecule has 1 fully saturated rings. The largest absolute Gasteiger partial charge is 0.318 e. The zero-order valence-electron chi connectivity index (χ0n) is 17.3. The number of aromatic nitrogens is 1. The smallest absolute Gasteiger partial charge is 0.293 e. The molecule has 158 valence electrons. The fourth-order valence-electron chi connectivity index (χ4n) is 3.65. The van der Waals surface area contributed by atoms with Crippen LogP contribution in [0, 0.1) is 20.8 Å². The van der Waals surface area contributed by atoms with Crippen molar-refractivity contribution in [1.82, 2.24) is 9.47 Å². The molecular formula is C24H20Cl2N2O2S. The monoisotopic (exact) mass is 470 g/mol. The molecule has 0 spiro atoms. The molecule has 2 heterocycles. The number of benzene rings is 2. The van der Waals surface area contributed by atoms with Crippen LogP contribution in [0.15, 0.2) is 53.4 Å². The van der Waals surface area contributed by atoms with Crippen molar-refractivity contribution in [3.8, 4) is 5.69 Å². The highest BCUT2D eigenvalue weighted by atomic mass is 35.5. The zero-order valence-corrected chi connectivity index (χ0v) is 19.6. The van der Waals surface area contributed by atoms with Crippen LogP contribution in [0.2, 0.25) is 10.0 Å². The fraction of sp³-hybridized carbons (Fsp3) is 0.167. The molecule has 0 N–H and O–H groups in total. The first kappa shape index (κ1) is 21.8. The molecule has 31 heavy (non-hydrogen) atoms. The molecule has 1 aliphatic heterocycles. The summed E-state index contributed by atoms with van der Waals surface area (Å²) in [6.07, 6.45) is 1.78. The molecule has 4 nitrogen and oxygen atoms in total. The molecule has 1 aromatic heterocycles. The Labute approximate surface area is 195 Å². The number of amides is 2. The third-order valence-electron chi connectivity index (χ3n) is 5.20. The lowest BCUT2D eigenvalue weighted by Crippen LogP contribution is -2.27. The number of thioether (sulfide) groups is 1. The van der Waals surface area contributed by atoms with Crippen LogP contribution in [0.1, 0.15) is 28.1 Å². The molecule has 1 aliphatic rings. The number of hydrogen-bond donors (Lipinski definition) is 0. The van der Waals surface area contributed by atoms with E-state index in [0.29, 0.717) is 15.0 Å². The second kappa shape index (κ2) is 8.58. The molecule has 3 aromatic rings. The molecule has 0 unspecified atom stereocenters. The van der Waals surface area contributed by atoms with E-state index < -0.39 is 0 Å². The molecular weight excluding hydrogens is 451 g/mol. The molecule has 2 amide bonds. The number of hydrogen-bond acceptors (Lipinski definition) is 3. The van der Waals surface area contributed by atoms with Gasteiger partial charge in [-0.2, -0.15) is 0 Å². The molecule has 0 saturated carbocycles. The van der Waals surface area contributed by atoms with Gasteiger partial charge in [0, 0.05) is 27.1 Å². The van der Waals surface area contributed by atoms with Crippen LogP contribution in [0.5, 0.6) is 0 Å². The van der Waals surface area contributed by atoms with E-state index in [1.807, 2.05) is 67.8 Å². The Bertz CT molecular complexity index is 1210. The molecule has 4 rings (SSSR count). The maximum Gasteiger partial charge on any atom is 0.293 e. The van der Waals surface area contributed by atoms with Crippen LogP contribution in [-0.4, -0.2) is 20.6 Å². The zero-order chi connectivity index (χ0) is 22.3. The van der Waals surface area contributed by atoms with E-state index in [9.17, 15) is 9.59 Å². The highest BCUT2D eigenvalue weighted by Gasteiger charge is 2.35. The van der Waals surface area contributed by atoms with E-state index in [1.165, 1.54) is 4.90 Å². The van der Waals surface area contributed by atoms with Crippen LogP contribution in [0.25, 0.3) is 11.8 Å². The van der Waals surface area contributed by atoms with E-state index in [4.69, 9.17) is 23.2 Å². The SMILES string of the molecule is Cc1ccc(CN2C(=O)S/C(=C\c3cc(C)n(-c4cc(Cl)cc(Cl)c4)c3C)C2=O)cc1. The normalized spacial score (nSPS) is 15.4. The average Bonchev–Trinajstić information content (AvgIpc) is 3.12. The summed E-state index contributed by atoms with van der Waals surface area (Å²) in [5, 5.41) is 0.842. The number of halogens is 2. The number of carbonyl (C=O) groups excluding carboxylic acids is 2. The van der Waals surface area contributed by atoms with Crippen LogP contribution in [0.3, 0.4) is 0 Å². The lowest BCUT2D eigenvalue weighted by atomic mass is 10.1. The summed E-state index contributed by atoms with van der Waals surface area (Å²) in [6, 6.07) is 15.2. The highest BCUT2D eigenvalue weighted by Crippen LogP contribution is 2.35. The maximum absolute atomic E-state index is 12.9. The van der Waals surface area contributed by atoms with Crippen LogP contribution >= 0.6 is 35.0 Å². The summed E-state index contributed by atoms with van der Waals surface area (Å²) < 4.78 is 2.03. The van der Waals surface area contributed by atoms with Gasteiger partial charge >= 0.3 is 0 Å².